The first-order valence-corrected chi connectivity index (χ1v) is 6.37. The predicted molar refractivity (Wildman–Crippen MR) is 76.4 cm³/mol. The van der Waals surface area contributed by atoms with Gasteiger partial charge < -0.3 is 11.1 Å². The molecule has 0 bridgehead atoms. The van der Waals surface area contributed by atoms with E-state index >= 15 is 0 Å². The first-order chi connectivity index (χ1) is 9.40. The highest BCUT2D eigenvalue weighted by molar-refractivity contribution is 6.31. The quantitative estimate of drug-likeness (QED) is 0.914. The normalized spacial score (nSPS) is 10.8. The molecule has 3 N–H and O–H groups in total. The number of nitrogens with one attached hydrogen (secondary N) is 1. The lowest BCUT2D eigenvalue weighted by Crippen LogP contribution is -2.15. The molecule has 2 rings (SSSR count). The summed E-state index contributed by atoms with van der Waals surface area (Å²) in [4.78, 5) is 12.1. The van der Waals surface area contributed by atoms with Gasteiger partial charge >= 0.3 is 0 Å². The molecule has 0 fully saturated rings. The van der Waals surface area contributed by atoms with Crippen LogP contribution in [0.2, 0.25) is 5.02 Å². The molecule has 0 unspecified atom stereocenters. The highest BCUT2D eigenvalue weighted by Crippen LogP contribution is 2.21. The molecule has 1 aromatic heterocycles. The molecule has 0 aliphatic carbocycles. The number of nitrogen functional groups attached to an aromatic ring is 1. The number of hydrogen-bond acceptors (Lipinski definition) is 3. The minimum atomic E-state index is -0.545. The number of halogens is 2. The molecule has 0 spiro atoms. The van der Waals surface area contributed by atoms with Crippen molar-refractivity contribution in [3.63, 3.8) is 0 Å². The number of carbonyl (C=O) groups is 1. The smallest absolute Gasteiger partial charge is 0.261 e. The van der Waals surface area contributed by atoms with Crippen LogP contribution in [0.5, 0.6) is 0 Å². The van der Waals surface area contributed by atoms with Crippen LogP contribution in [0.25, 0.3) is 0 Å². The third-order valence-electron chi connectivity index (χ3n) is 2.75. The molecule has 0 saturated heterocycles. The fourth-order valence-corrected chi connectivity index (χ4v) is 1.91. The van der Waals surface area contributed by atoms with Gasteiger partial charge in [-0.3, -0.25) is 4.79 Å². The molecule has 1 heterocycles. The molecule has 7 heteroatoms. The topological polar surface area (TPSA) is 72.9 Å². The van der Waals surface area contributed by atoms with E-state index in [1.165, 1.54) is 24.4 Å². The number of hydrogen-bond donors (Lipinski definition) is 2. The molecule has 106 valence electrons. The lowest BCUT2D eigenvalue weighted by Gasteiger charge is -2.09. The molecule has 0 aliphatic heterocycles. The number of nitrogens with two attached hydrogens (primary N) is 1. The summed E-state index contributed by atoms with van der Waals surface area (Å²) in [6.07, 6.45) is 1.40. The van der Waals surface area contributed by atoms with Gasteiger partial charge in [0.25, 0.3) is 5.91 Å². The maximum Gasteiger partial charge on any atom is 0.261 e. The molecule has 0 radical (unpaired) electrons. The molecular formula is C13H14ClFN4O. The Labute approximate surface area is 120 Å². The summed E-state index contributed by atoms with van der Waals surface area (Å²) in [6, 6.07) is 3.98. The molecule has 0 aliphatic rings. The summed E-state index contributed by atoms with van der Waals surface area (Å²) in [5.74, 6) is -0.681. The molecule has 0 saturated carbocycles. The third-order valence-corrected chi connectivity index (χ3v) is 3.03. The maximum atomic E-state index is 13.0. The Hall–Kier alpha value is -2.08. The van der Waals surface area contributed by atoms with E-state index < -0.39 is 11.7 Å². The van der Waals surface area contributed by atoms with Gasteiger partial charge in [0, 0.05) is 11.7 Å². The van der Waals surface area contributed by atoms with Gasteiger partial charge in [0.2, 0.25) is 0 Å². The van der Waals surface area contributed by atoms with Gasteiger partial charge in [-0.15, -0.1) is 0 Å². The van der Waals surface area contributed by atoms with Crippen molar-refractivity contribution in [1.29, 1.82) is 0 Å². The second kappa shape index (κ2) is 5.50. The number of rotatable bonds is 3. The summed E-state index contributed by atoms with van der Waals surface area (Å²) < 4.78 is 14.6. The zero-order valence-corrected chi connectivity index (χ0v) is 11.8. The van der Waals surface area contributed by atoms with E-state index in [9.17, 15) is 9.18 Å². The van der Waals surface area contributed by atoms with Crippen molar-refractivity contribution in [2.24, 2.45) is 0 Å². The van der Waals surface area contributed by atoms with E-state index in [1.807, 2.05) is 13.8 Å². The average molecular weight is 297 g/mol. The summed E-state index contributed by atoms with van der Waals surface area (Å²) in [7, 11) is 0. The number of nitrogens with zero attached hydrogens (tertiary/aromatic N) is 2. The van der Waals surface area contributed by atoms with Crippen LogP contribution in [0.15, 0.2) is 24.4 Å². The molecule has 2 aromatic rings. The first kappa shape index (κ1) is 14.3. The fraction of sp³-hybridized carbons (Fsp3) is 0.231. The molecule has 0 atom stereocenters. The van der Waals surface area contributed by atoms with E-state index in [0.29, 0.717) is 5.69 Å². The Morgan fingerprint density at radius 1 is 1.50 bits per heavy atom. The van der Waals surface area contributed by atoms with Gasteiger partial charge in [-0.2, -0.15) is 5.10 Å². The zero-order valence-electron chi connectivity index (χ0n) is 11.0. The number of benzene rings is 1. The number of anilines is 2. The van der Waals surface area contributed by atoms with Crippen LogP contribution < -0.4 is 11.1 Å². The van der Waals surface area contributed by atoms with Crippen molar-refractivity contribution in [3.05, 3.63) is 40.8 Å². The first-order valence-electron chi connectivity index (χ1n) is 5.99. The van der Waals surface area contributed by atoms with E-state index in [4.69, 9.17) is 17.3 Å². The van der Waals surface area contributed by atoms with Gasteiger partial charge in [-0.1, -0.05) is 11.6 Å². The highest BCUT2D eigenvalue weighted by Gasteiger charge is 2.17. The molecular weight excluding hydrogens is 283 g/mol. The summed E-state index contributed by atoms with van der Waals surface area (Å²) >= 11 is 5.65. The highest BCUT2D eigenvalue weighted by atomic mass is 35.5. The van der Waals surface area contributed by atoms with Crippen molar-refractivity contribution >= 4 is 29.0 Å². The van der Waals surface area contributed by atoms with Crippen molar-refractivity contribution in [1.82, 2.24) is 9.78 Å². The predicted octanol–water partition coefficient (Wildman–Crippen LogP) is 3.09. The number of amides is 1. The second-order valence-electron chi connectivity index (χ2n) is 4.56. The second-order valence-corrected chi connectivity index (χ2v) is 4.97. The SMILES string of the molecule is CC(C)n1ncc(C(=O)Nc2ccc(F)c(Cl)c2)c1N. The average Bonchev–Trinajstić information content (AvgIpc) is 2.76. The van der Waals surface area contributed by atoms with Crippen molar-refractivity contribution < 1.29 is 9.18 Å². The van der Waals surface area contributed by atoms with E-state index in [2.05, 4.69) is 10.4 Å². The maximum absolute atomic E-state index is 13.0. The Balaban J connectivity index is 2.22. The van der Waals surface area contributed by atoms with E-state index in [-0.39, 0.29) is 22.4 Å². The van der Waals surface area contributed by atoms with Gasteiger partial charge in [-0.05, 0) is 32.0 Å². The largest absolute Gasteiger partial charge is 0.383 e. The summed E-state index contributed by atoms with van der Waals surface area (Å²) in [5, 5.41) is 6.59. The summed E-state index contributed by atoms with van der Waals surface area (Å²) in [6.45, 7) is 3.82. The van der Waals surface area contributed by atoms with Crippen LogP contribution in [0.4, 0.5) is 15.9 Å². The van der Waals surface area contributed by atoms with Crippen molar-refractivity contribution in [3.8, 4) is 0 Å². The zero-order chi connectivity index (χ0) is 14.9. The van der Waals surface area contributed by atoms with Crippen molar-refractivity contribution in [2.45, 2.75) is 19.9 Å². The van der Waals surface area contributed by atoms with Gasteiger partial charge in [0.05, 0.1) is 11.2 Å². The van der Waals surface area contributed by atoms with Gasteiger partial charge in [-0.25, -0.2) is 9.07 Å². The molecule has 1 aromatic carbocycles. The molecule has 5 nitrogen and oxygen atoms in total. The van der Waals surface area contributed by atoms with Crippen LogP contribution in [0.3, 0.4) is 0 Å². The van der Waals surface area contributed by atoms with Crippen LogP contribution in [0.1, 0.15) is 30.2 Å². The van der Waals surface area contributed by atoms with Crippen LogP contribution in [0, 0.1) is 5.82 Å². The van der Waals surface area contributed by atoms with Crippen LogP contribution in [-0.2, 0) is 0 Å². The fourth-order valence-electron chi connectivity index (χ4n) is 1.73. The minimum absolute atomic E-state index is 0.0526. The monoisotopic (exact) mass is 296 g/mol. The standard InChI is InChI=1S/C13H14ClFN4O/c1-7(2)19-12(16)9(6-17-19)13(20)18-8-3-4-11(15)10(14)5-8/h3-7H,16H2,1-2H3,(H,18,20). The Morgan fingerprint density at radius 2 is 2.20 bits per heavy atom. The Kier molecular flexibility index (Phi) is 3.94. The minimum Gasteiger partial charge on any atom is -0.383 e. The molecule has 1 amide bonds. The number of carbonyl (C=O) groups excluding carboxylic acids is 1. The third kappa shape index (κ3) is 2.75. The van der Waals surface area contributed by atoms with Crippen molar-refractivity contribution in [2.75, 3.05) is 11.1 Å². The Bertz CT molecular complexity index is 654. The van der Waals surface area contributed by atoms with Crippen LogP contribution in [-0.4, -0.2) is 15.7 Å². The lowest BCUT2D eigenvalue weighted by atomic mass is 10.2. The van der Waals surface area contributed by atoms with Gasteiger partial charge in [0.15, 0.2) is 0 Å². The molecule has 20 heavy (non-hydrogen) atoms. The Morgan fingerprint density at radius 3 is 2.75 bits per heavy atom. The summed E-state index contributed by atoms with van der Waals surface area (Å²) in [5.41, 5.74) is 6.52. The van der Waals surface area contributed by atoms with Gasteiger partial charge in [0.1, 0.15) is 17.2 Å². The number of aromatic nitrogens is 2. The van der Waals surface area contributed by atoms with Crippen LogP contribution >= 0.6 is 11.6 Å². The van der Waals surface area contributed by atoms with E-state index in [0.717, 1.165) is 0 Å². The lowest BCUT2D eigenvalue weighted by molar-refractivity contribution is 0.102. The van der Waals surface area contributed by atoms with E-state index in [1.54, 1.807) is 4.68 Å².